The fourth-order valence-electron chi connectivity index (χ4n) is 3.24. The van der Waals surface area contributed by atoms with Gasteiger partial charge in [0.05, 0.1) is 0 Å². The fraction of sp³-hybridized carbons (Fsp3) is 0.588. The summed E-state index contributed by atoms with van der Waals surface area (Å²) in [5.41, 5.74) is 2.33. The number of carbonyl (C=O) groups is 1. The van der Waals surface area contributed by atoms with E-state index in [0.717, 1.165) is 57.8 Å². The highest BCUT2D eigenvalue weighted by molar-refractivity contribution is 5.94. The van der Waals surface area contributed by atoms with Gasteiger partial charge in [-0.3, -0.25) is 4.79 Å². The Morgan fingerprint density at radius 2 is 1.57 bits per heavy atom. The normalized spacial score (nSPS) is 20.9. The van der Waals surface area contributed by atoms with Crippen molar-refractivity contribution in [2.75, 3.05) is 49.1 Å². The van der Waals surface area contributed by atoms with Crippen LogP contribution in [0.1, 0.15) is 26.2 Å². The summed E-state index contributed by atoms with van der Waals surface area (Å²) in [5.74, 6) is 0.269. The van der Waals surface area contributed by atoms with Crippen LogP contribution in [0.4, 0.5) is 11.4 Å². The van der Waals surface area contributed by atoms with Crippen LogP contribution < -0.4 is 9.80 Å². The van der Waals surface area contributed by atoms with E-state index in [4.69, 9.17) is 0 Å². The summed E-state index contributed by atoms with van der Waals surface area (Å²) in [6.45, 7) is 8.70. The van der Waals surface area contributed by atoms with E-state index in [0.29, 0.717) is 6.42 Å². The molecular formula is C17H25N3O. The smallest absolute Gasteiger partial charge is 0.226 e. The number of piperidine rings is 1. The van der Waals surface area contributed by atoms with Gasteiger partial charge < -0.3 is 14.7 Å². The predicted molar refractivity (Wildman–Crippen MR) is 87.0 cm³/mol. The molecule has 0 saturated carbocycles. The Morgan fingerprint density at radius 3 is 2.19 bits per heavy atom. The van der Waals surface area contributed by atoms with Crippen LogP contribution in [0.2, 0.25) is 0 Å². The number of benzene rings is 1. The zero-order chi connectivity index (χ0) is 14.7. The zero-order valence-corrected chi connectivity index (χ0v) is 12.9. The Labute approximate surface area is 127 Å². The van der Waals surface area contributed by atoms with E-state index in [1.54, 1.807) is 0 Å². The lowest BCUT2D eigenvalue weighted by molar-refractivity contribution is -0.119. The van der Waals surface area contributed by atoms with Crippen molar-refractivity contribution < 1.29 is 4.79 Å². The first-order valence-corrected chi connectivity index (χ1v) is 8.15. The molecule has 0 bridgehead atoms. The number of piperazine rings is 1. The highest BCUT2D eigenvalue weighted by Gasteiger charge is 2.20. The molecule has 1 aromatic carbocycles. The molecule has 2 aliphatic rings. The van der Waals surface area contributed by atoms with Crippen molar-refractivity contribution in [3.63, 3.8) is 0 Å². The van der Waals surface area contributed by atoms with Gasteiger partial charge in [-0.15, -0.1) is 0 Å². The minimum Gasteiger partial charge on any atom is -0.369 e. The standard InChI is InChI=1S/C17H25N3O/c1-2-18-11-13-19(14-12-18)15-6-8-16(9-7-15)20-10-4-3-5-17(20)21/h6-9H,2-5,10-14H2,1H3. The summed E-state index contributed by atoms with van der Waals surface area (Å²) < 4.78 is 0. The Hall–Kier alpha value is -1.55. The predicted octanol–water partition coefficient (Wildman–Crippen LogP) is 2.35. The average molecular weight is 287 g/mol. The SMILES string of the molecule is CCN1CCN(c2ccc(N3CCCCC3=O)cc2)CC1. The third-order valence-electron chi connectivity index (χ3n) is 4.67. The van der Waals surface area contributed by atoms with Gasteiger partial charge >= 0.3 is 0 Å². The van der Waals surface area contributed by atoms with E-state index in [2.05, 4.69) is 41.0 Å². The Balaban J connectivity index is 1.65. The van der Waals surface area contributed by atoms with Gasteiger partial charge in [0.25, 0.3) is 0 Å². The van der Waals surface area contributed by atoms with Crippen LogP contribution in [0.15, 0.2) is 24.3 Å². The molecule has 0 N–H and O–H groups in total. The third-order valence-corrected chi connectivity index (χ3v) is 4.67. The van der Waals surface area contributed by atoms with Gasteiger partial charge in [-0.2, -0.15) is 0 Å². The summed E-state index contributed by atoms with van der Waals surface area (Å²) in [6.07, 6.45) is 2.85. The summed E-state index contributed by atoms with van der Waals surface area (Å²) in [7, 11) is 0. The molecule has 2 aliphatic heterocycles. The molecule has 0 aromatic heterocycles. The summed E-state index contributed by atoms with van der Waals surface area (Å²) in [5, 5.41) is 0. The summed E-state index contributed by atoms with van der Waals surface area (Å²) in [4.78, 5) is 18.8. The Bertz CT molecular complexity index is 477. The molecule has 1 aromatic rings. The minimum atomic E-state index is 0.269. The number of carbonyl (C=O) groups excluding carboxylic acids is 1. The first-order valence-electron chi connectivity index (χ1n) is 8.15. The largest absolute Gasteiger partial charge is 0.369 e. The second kappa shape index (κ2) is 6.48. The lowest BCUT2D eigenvalue weighted by atomic mass is 10.1. The quantitative estimate of drug-likeness (QED) is 0.854. The maximum atomic E-state index is 12.0. The van der Waals surface area contributed by atoms with Crippen LogP contribution in [0.3, 0.4) is 0 Å². The molecule has 0 unspecified atom stereocenters. The van der Waals surface area contributed by atoms with E-state index >= 15 is 0 Å². The maximum Gasteiger partial charge on any atom is 0.226 e. The van der Waals surface area contributed by atoms with Crippen LogP contribution in [0.5, 0.6) is 0 Å². The number of likely N-dealkylation sites (N-methyl/N-ethyl adjacent to an activating group) is 1. The van der Waals surface area contributed by atoms with E-state index in [1.807, 2.05) is 4.90 Å². The minimum absolute atomic E-state index is 0.269. The molecule has 2 fully saturated rings. The lowest BCUT2D eigenvalue weighted by Crippen LogP contribution is -2.46. The number of anilines is 2. The third kappa shape index (κ3) is 3.21. The lowest BCUT2D eigenvalue weighted by Gasteiger charge is -2.35. The highest BCUT2D eigenvalue weighted by atomic mass is 16.2. The topological polar surface area (TPSA) is 26.8 Å². The number of hydrogen-bond acceptors (Lipinski definition) is 3. The van der Waals surface area contributed by atoms with E-state index in [9.17, 15) is 4.79 Å². The number of nitrogens with zero attached hydrogens (tertiary/aromatic N) is 3. The average Bonchev–Trinajstić information content (AvgIpc) is 2.56. The molecule has 0 atom stereocenters. The molecule has 0 aliphatic carbocycles. The molecule has 1 amide bonds. The van der Waals surface area contributed by atoms with Gasteiger partial charge in [0, 0.05) is 50.5 Å². The van der Waals surface area contributed by atoms with Gasteiger partial charge in [0.15, 0.2) is 0 Å². The van der Waals surface area contributed by atoms with E-state index in [-0.39, 0.29) is 5.91 Å². The second-order valence-corrected chi connectivity index (χ2v) is 5.94. The zero-order valence-electron chi connectivity index (χ0n) is 12.9. The maximum absolute atomic E-state index is 12.0. The Kier molecular flexibility index (Phi) is 4.44. The van der Waals surface area contributed by atoms with E-state index in [1.165, 1.54) is 5.69 Å². The molecule has 114 valence electrons. The van der Waals surface area contributed by atoms with Gasteiger partial charge in [-0.25, -0.2) is 0 Å². The van der Waals surface area contributed by atoms with Gasteiger partial charge in [-0.1, -0.05) is 6.92 Å². The van der Waals surface area contributed by atoms with Gasteiger partial charge in [0.2, 0.25) is 5.91 Å². The molecule has 4 heteroatoms. The molecular weight excluding hydrogens is 262 g/mol. The molecule has 3 rings (SSSR count). The highest BCUT2D eigenvalue weighted by Crippen LogP contribution is 2.24. The summed E-state index contributed by atoms with van der Waals surface area (Å²) in [6, 6.07) is 8.53. The van der Waals surface area contributed by atoms with Crippen LogP contribution >= 0.6 is 0 Å². The first kappa shape index (κ1) is 14.4. The molecule has 4 nitrogen and oxygen atoms in total. The van der Waals surface area contributed by atoms with Gasteiger partial charge in [0.1, 0.15) is 0 Å². The van der Waals surface area contributed by atoms with Crippen LogP contribution in [-0.2, 0) is 4.79 Å². The first-order chi connectivity index (χ1) is 10.3. The van der Waals surface area contributed by atoms with Crippen molar-refractivity contribution in [1.29, 1.82) is 0 Å². The number of amides is 1. The van der Waals surface area contributed by atoms with Crippen molar-refractivity contribution >= 4 is 17.3 Å². The van der Waals surface area contributed by atoms with Crippen molar-refractivity contribution in [3.05, 3.63) is 24.3 Å². The molecule has 2 saturated heterocycles. The number of rotatable bonds is 3. The molecule has 0 spiro atoms. The summed E-state index contributed by atoms with van der Waals surface area (Å²) >= 11 is 0. The molecule has 21 heavy (non-hydrogen) atoms. The second-order valence-electron chi connectivity index (χ2n) is 5.94. The van der Waals surface area contributed by atoms with Crippen LogP contribution in [0, 0.1) is 0 Å². The van der Waals surface area contributed by atoms with Crippen molar-refractivity contribution in [2.24, 2.45) is 0 Å². The van der Waals surface area contributed by atoms with Crippen LogP contribution in [-0.4, -0.2) is 50.1 Å². The van der Waals surface area contributed by atoms with Crippen molar-refractivity contribution in [2.45, 2.75) is 26.2 Å². The van der Waals surface area contributed by atoms with Crippen LogP contribution in [0.25, 0.3) is 0 Å². The van der Waals surface area contributed by atoms with E-state index < -0.39 is 0 Å². The number of hydrogen-bond donors (Lipinski definition) is 0. The van der Waals surface area contributed by atoms with Crippen molar-refractivity contribution in [3.8, 4) is 0 Å². The van der Waals surface area contributed by atoms with Gasteiger partial charge in [-0.05, 0) is 43.7 Å². The Morgan fingerprint density at radius 1 is 0.905 bits per heavy atom. The monoisotopic (exact) mass is 287 g/mol. The van der Waals surface area contributed by atoms with Crippen molar-refractivity contribution in [1.82, 2.24) is 4.90 Å². The fourth-order valence-corrected chi connectivity index (χ4v) is 3.24. The molecule has 2 heterocycles. The molecule has 0 radical (unpaired) electrons.